The van der Waals surface area contributed by atoms with Gasteiger partial charge < -0.3 is 10.1 Å². The lowest BCUT2D eigenvalue weighted by molar-refractivity contribution is 0.171. The molecule has 1 unspecified atom stereocenters. The van der Waals surface area contributed by atoms with Gasteiger partial charge in [-0.3, -0.25) is 0 Å². The number of ether oxygens (including phenoxy) is 1. The number of nitrogens with one attached hydrogen (secondary N) is 1. The first kappa shape index (κ1) is 17.5. The molecule has 0 radical (unpaired) electrons. The molecule has 2 atom stereocenters. The molecule has 1 fully saturated rings. The highest BCUT2D eigenvalue weighted by atomic mass is 35.5. The number of benzene rings is 2. The van der Waals surface area contributed by atoms with Crippen LogP contribution >= 0.6 is 34.8 Å². The molecule has 1 saturated heterocycles. The highest BCUT2D eigenvalue weighted by molar-refractivity contribution is 6.41. The lowest BCUT2D eigenvalue weighted by Gasteiger charge is -2.25. The van der Waals surface area contributed by atoms with E-state index in [1.165, 1.54) is 11.1 Å². The van der Waals surface area contributed by atoms with Crippen LogP contribution in [0.1, 0.15) is 43.2 Å². The number of fused-ring (bicyclic) bond motifs is 3. The predicted octanol–water partition coefficient (Wildman–Crippen LogP) is 6.28. The zero-order valence-corrected chi connectivity index (χ0v) is 16.5. The topological polar surface area (TPSA) is 21.3 Å². The summed E-state index contributed by atoms with van der Waals surface area (Å²) < 4.78 is 6.35. The standard InChI is InChI=1S/C20H20Cl3NO/c1-10(2)13-5-11(19-16(22)7-12(21)8-17(19)23)6-14-15-9-24-4-3-18(15)25-20(13)14/h5-8,10,15,18,24H,3-4,9H2,1-2H3/t15-,18?/m0/s1. The molecule has 0 spiro atoms. The second-order valence-electron chi connectivity index (χ2n) is 7.14. The van der Waals surface area contributed by atoms with Crippen LogP contribution in [0.5, 0.6) is 5.75 Å². The molecule has 25 heavy (non-hydrogen) atoms. The van der Waals surface area contributed by atoms with Gasteiger partial charge in [0.25, 0.3) is 0 Å². The molecular formula is C20H20Cl3NO. The Labute approximate surface area is 163 Å². The Morgan fingerprint density at radius 2 is 1.80 bits per heavy atom. The van der Waals surface area contributed by atoms with E-state index in [1.807, 2.05) is 0 Å². The maximum Gasteiger partial charge on any atom is 0.126 e. The van der Waals surface area contributed by atoms with Crippen molar-refractivity contribution in [2.24, 2.45) is 0 Å². The summed E-state index contributed by atoms with van der Waals surface area (Å²) >= 11 is 19.0. The van der Waals surface area contributed by atoms with Gasteiger partial charge in [-0.2, -0.15) is 0 Å². The molecule has 0 bridgehead atoms. The molecule has 2 nitrogen and oxygen atoms in total. The van der Waals surface area contributed by atoms with Crippen LogP contribution in [0.4, 0.5) is 0 Å². The number of piperidine rings is 1. The van der Waals surface area contributed by atoms with E-state index in [0.717, 1.165) is 36.4 Å². The van der Waals surface area contributed by atoms with Gasteiger partial charge in [-0.25, -0.2) is 0 Å². The first-order valence-corrected chi connectivity index (χ1v) is 9.79. The van der Waals surface area contributed by atoms with Crippen LogP contribution in [0.2, 0.25) is 15.1 Å². The summed E-state index contributed by atoms with van der Waals surface area (Å²) in [5, 5.41) is 5.18. The van der Waals surface area contributed by atoms with E-state index in [2.05, 4.69) is 31.3 Å². The molecule has 2 aliphatic heterocycles. The molecule has 1 N–H and O–H groups in total. The first-order valence-electron chi connectivity index (χ1n) is 8.66. The molecule has 0 amide bonds. The first-order chi connectivity index (χ1) is 12.0. The normalized spacial score (nSPS) is 21.8. The van der Waals surface area contributed by atoms with Gasteiger partial charge >= 0.3 is 0 Å². The van der Waals surface area contributed by atoms with Crippen LogP contribution in [0.3, 0.4) is 0 Å². The average molecular weight is 397 g/mol. The van der Waals surface area contributed by atoms with E-state index >= 15 is 0 Å². The third kappa shape index (κ3) is 3.04. The number of rotatable bonds is 2. The zero-order valence-electron chi connectivity index (χ0n) is 14.2. The fourth-order valence-corrected chi connectivity index (χ4v) is 4.95. The summed E-state index contributed by atoms with van der Waals surface area (Å²) in [6.07, 6.45) is 1.30. The van der Waals surface area contributed by atoms with Crippen molar-refractivity contribution < 1.29 is 4.74 Å². The van der Waals surface area contributed by atoms with Crippen molar-refractivity contribution in [3.05, 3.63) is 50.5 Å². The van der Waals surface area contributed by atoms with E-state index < -0.39 is 0 Å². The molecule has 2 aliphatic rings. The predicted molar refractivity (Wildman–Crippen MR) is 106 cm³/mol. The second kappa shape index (κ2) is 6.66. The molecule has 4 rings (SSSR count). The Kier molecular flexibility index (Phi) is 4.66. The minimum Gasteiger partial charge on any atom is -0.489 e. The van der Waals surface area contributed by atoms with Gasteiger partial charge in [0, 0.05) is 28.6 Å². The van der Waals surface area contributed by atoms with Crippen LogP contribution in [-0.4, -0.2) is 19.2 Å². The van der Waals surface area contributed by atoms with Crippen LogP contribution < -0.4 is 10.1 Å². The third-order valence-electron chi connectivity index (χ3n) is 5.15. The molecule has 2 heterocycles. The molecule has 5 heteroatoms. The minimum absolute atomic E-state index is 0.264. The Bertz CT molecular complexity index is 811. The van der Waals surface area contributed by atoms with Gasteiger partial charge in [0.15, 0.2) is 0 Å². The molecule has 132 valence electrons. The quantitative estimate of drug-likeness (QED) is 0.645. The van der Waals surface area contributed by atoms with E-state index in [9.17, 15) is 0 Å². The van der Waals surface area contributed by atoms with Gasteiger partial charge in [0.05, 0.1) is 10.0 Å². The van der Waals surface area contributed by atoms with Crippen molar-refractivity contribution in [2.75, 3.05) is 13.1 Å². The van der Waals surface area contributed by atoms with Crippen LogP contribution in [0.15, 0.2) is 24.3 Å². The monoisotopic (exact) mass is 395 g/mol. The fourth-order valence-electron chi connectivity index (χ4n) is 3.91. The SMILES string of the molecule is CC(C)c1cc(-c2c(Cl)cc(Cl)cc2Cl)cc2c1OC1CCNC[C@@H]21. The summed E-state index contributed by atoms with van der Waals surface area (Å²) in [7, 11) is 0. The Morgan fingerprint density at radius 1 is 1.08 bits per heavy atom. The average Bonchev–Trinajstić information content (AvgIpc) is 2.91. The summed E-state index contributed by atoms with van der Waals surface area (Å²) in [6, 6.07) is 7.84. The third-order valence-corrected chi connectivity index (χ3v) is 5.97. The number of hydrogen-bond donors (Lipinski definition) is 1. The zero-order chi connectivity index (χ0) is 17.7. The summed E-state index contributed by atoms with van der Waals surface area (Å²) in [5.41, 5.74) is 4.35. The summed E-state index contributed by atoms with van der Waals surface area (Å²) in [4.78, 5) is 0. The van der Waals surface area contributed by atoms with Crippen LogP contribution in [0, 0.1) is 0 Å². The van der Waals surface area contributed by atoms with E-state index in [4.69, 9.17) is 39.5 Å². The maximum absolute atomic E-state index is 6.48. The van der Waals surface area contributed by atoms with Crippen molar-refractivity contribution in [1.82, 2.24) is 5.32 Å². The molecule has 0 aromatic heterocycles. The Balaban J connectivity index is 1.91. The largest absolute Gasteiger partial charge is 0.489 e. The fraction of sp³-hybridized carbons (Fsp3) is 0.400. The maximum atomic E-state index is 6.48. The number of hydrogen-bond acceptors (Lipinski definition) is 2. The van der Waals surface area contributed by atoms with Crippen molar-refractivity contribution in [3.63, 3.8) is 0 Å². The summed E-state index contributed by atoms with van der Waals surface area (Å²) in [5.74, 6) is 1.79. The van der Waals surface area contributed by atoms with Gasteiger partial charge in [-0.15, -0.1) is 0 Å². The van der Waals surface area contributed by atoms with Crippen molar-refractivity contribution in [2.45, 2.75) is 38.2 Å². The Hall–Kier alpha value is -0.930. The number of halogens is 3. The van der Waals surface area contributed by atoms with E-state index in [1.54, 1.807) is 12.1 Å². The lowest BCUT2D eigenvalue weighted by Crippen LogP contribution is -2.37. The summed E-state index contributed by atoms with van der Waals surface area (Å²) in [6.45, 7) is 6.33. The molecule has 0 saturated carbocycles. The van der Waals surface area contributed by atoms with Gasteiger partial charge in [-0.1, -0.05) is 48.7 Å². The van der Waals surface area contributed by atoms with Crippen molar-refractivity contribution in [1.29, 1.82) is 0 Å². The molecular weight excluding hydrogens is 377 g/mol. The highest BCUT2D eigenvalue weighted by Gasteiger charge is 2.38. The Morgan fingerprint density at radius 3 is 2.48 bits per heavy atom. The van der Waals surface area contributed by atoms with Crippen molar-refractivity contribution >= 4 is 34.8 Å². The van der Waals surface area contributed by atoms with Crippen molar-refractivity contribution in [3.8, 4) is 16.9 Å². The van der Waals surface area contributed by atoms with Gasteiger partial charge in [0.1, 0.15) is 11.9 Å². The highest BCUT2D eigenvalue weighted by Crippen LogP contribution is 2.48. The smallest absolute Gasteiger partial charge is 0.126 e. The molecule has 0 aliphatic carbocycles. The van der Waals surface area contributed by atoms with Gasteiger partial charge in [0.2, 0.25) is 0 Å². The molecule has 2 aromatic rings. The minimum atomic E-state index is 0.264. The van der Waals surface area contributed by atoms with Crippen LogP contribution in [0.25, 0.3) is 11.1 Å². The van der Waals surface area contributed by atoms with Crippen LogP contribution in [-0.2, 0) is 0 Å². The van der Waals surface area contributed by atoms with Gasteiger partial charge in [-0.05, 0) is 54.3 Å². The van der Waals surface area contributed by atoms with E-state index in [-0.39, 0.29) is 6.10 Å². The molecule has 2 aromatic carbocycles. The lowest BCUT2D eigenvalue weighted by atomic mass is 9.86. The second-order valence-corrected chi connectivity index (χ2v) is 8.39. The van der Waals surface area contributed by atoms with E-state index in [0.29, 0.717) is 26.9 Å².